The van der Waals surface area contributed by atoms with Crippen molar-refractivity contribution < 1.29 is 13.9 Å². The highest BCUT2D eigenvalue weighted by atomic mass is 32.2. The molecule has 1 aromatic carbocycles. The summed E-state index contributed by atoms with van der Waals surface area (Å²) in [5.41, 5.74) is 0.946. The van der Waals surface area contributed by atoms with E-state index in [9.17, 15) is 9.18 Å². The molecule has 4 nitrogen and oxygen atoms in total. The van der Waals surface area contributed by atoms with Gasteiger partial charge in [-0.2, -0.15) is 11.8 Å². The fourth-order valence-corrected chi connectivity index (χ4v) is 3.93. The molecule has 0 unspecified atom stereocenters. The van der Waals surface area contributed by atoms with Crippen molar-refractivity contribution in [1.29, 1.82) is 0 Å². The lowest BCUT2D eigenvalue weighted by molar-refractivity contribution is 0.0934. The van der Waals surface area contributed by atoms with Gasteiger partial charge in [0.1, 0.15) is 5.82 Å². The summed E-state index contributed by atoms with van der Waals surface area (Å²) >= 11 is 1.91. The molecule has 1 amide bonds. The normalized spacial score (nSPS) is 20.0. The van der Waals surface area contributed by atoms with Crippen LogP contribution < -0.4 is 10.2 Å². The number of nitrogens with one attached hydrogen (secondary N) is 1. The zero-order valence-corrected chi connectivity index (χ0v) is 13.3. The first-order valence-corrected chi connectivity index (χ1v) is 8.90. The summed E-state index contributed by atoms with van der Waals surface area (Å²) in [7, 11) is 0. The van der Waals surface area contributed by atoms with Gasteiger partial charge in [-0.25, -0.2) is 4.39 Å². The number of thioether (sulfide) groups is 1. The molecule has 120 valence electrons. The second-order valence-corrected chi connectivity index (χ2v) is 6.85. The third kappa shape index (κ3) is 3.73. The van der Waals surface area contributed by atoms with Crippen molar-refractivity contribution >= 4 is 23.4 Å². The fourth-order valence-electron chi connectivity index (χ4n) is 2.82. The predicted octanol–water partition coefficient (Wildman–Crippen LogP) is 2.29. The maximum Gasteiger partial charge on any atom is 0.251 e. The molecule has 6 heteroatoms. The Labute approximate surface area is 134 Å². The number of hydrogen-bond donors (Lipinski definition) is 1. The number of amides is 1. The number of rotatable bonds is 3. The number of carbonyl (C=O) groups is 1. The van der Waals surface area contributed by atoms with Crippen molar-refractivity contribution in [2.75, 3.05) is 42.7 Å². The average molecular weight is 324 g/mol. The molecule has 1 N–H and O–H groups in total. The van der Waals surface area contributed by atoms with E-state index in [4.69, 9.17) is 4.74 Å². The Hall–Kier alpha value is -1.27. The summed E-state index contributed by atoms with van der Waals surface area (Å²) in [5.74, 6) is 1.64. The van der Waals surface area contributed by atoms with Crippen LogP contribution in [-0.4, -0.2) is 49.8 Å². The van der Waals surface area contributed by atoms with E-state index in [0.29, 0.717) is 37.6 Å². The number of ether oxygens (including phenoxy) is 1. The molecule has 0 aliphatic carbocycles. The fraction of sp³-hybridized carbons (Fsp3) is 0.562. The van der Waals surface area contributed by atoms with Crippen LogP contribution in [0.25, 0.3) is 0 Å². The Bertz CT molecular complexity index is 529. The topological polar surface area (TPSA) is 41.6 Å². The van der Waals surface area contributed by atoms with Gasteiger partial charge in [0.15, 0.2) is 0 Å². The third-order valence-electron chi connectivity index (χ3n) is 4.12. The van der Waals surface area contributed by atoms with E-state index >= 15 is 0 Å². The first-order valence-electron chi connectivity index (χ1n) is 7.75. The Morgan fingerprint density at radius 3 is 2.68 bits per heavy atom. The highest BCUT2D eigenvalue weighted by Crippen LogP contribution is 2.22. The summed E-state index contributed by atoms with van der Waals surface area (Å²) in [5, 5.41) is 3.01. The zero-order valence-electron chi connectivity index (χ0n) is 12.5. The maximum absolute atomic E-state index is 14.3. The minimum absolute atomic E-state index is 0.177. The molecule has 22 heavy (non-hydrogen) atoms. The predicted molar refractivity (Wildman–Crippen MR) is 87.2 cm³/mol. The Balaban J connectivity index is 1.66. The molecule has 0 spiro atoms. The van der Waals surface area contributed by atoms with Gasteiger partial charge < -0.3 is 15.0 Å². The third-order valence-corrected chi connectivity index (χ3v) is 5.17. The summed E-state index contributed by atoms with van der Waals surface area (Å²) in [6.07, 6.45) is 1.98. The van der Waals surface area contributed by atoms with Crippen molar-refractivity contribution in [3.8, 4) is 0 Å². The van der Waals surface area contributed by atoms with Gasteiger partial charge in [0.2, 0.25) is 0 Å². The van der Waals surface area contributed by atoms with Crippen LogP contribution in [0.15, 0.2) is 18.2 Å². The van der Waals surface area contributed by atoms with E-state index in [1.165, 1.54) is 6.07 Å². The van der Waals surface area contributed by atoms with E-state index in [2.05, 4.69) is 5.32 Å². The van der Waals surface area contributed by atoms with Crippen LogP contribution in [0.1, 0.15) is 23.2 Å². The lowest BCUT2D eigenvalue weighted by Crippen LogP contribution is -2.38. The standard InChI is InChI=1S/C16H21FN2O2S/c17-14-11-12(16(20)18-13-3-9-22-10-4-13)1-2-15(14)19-5-7-21-8-6-19/h1-2,11,13H,3-10H2,(H,18,20). The lowest BCUT2D eigenvalue weighted by Gasteiger charge is -2.29. The number of carbonyl (C=O) groups excluding carboxylic acids is 1. The molecule has 1 aromatic rings. The van der Waals surface area contributed by atoms with Gasteiger partial charge in [-0.15, -0.1) is 0 Å². The lowest BCUT2D eigenvalue weighted by atomic mass is 10.1. The van der Waals surface area contributed by atoms with Crippen LogP contribution in [0.4, 0.5) is 10.1 Å². The molecule has 0 atom stereocenters. The first-order chi connectivity index (χ1) is 10.7. The second kappa shape index (κ2) is 7.33. The minimum Gasteiger partial charge on any atom is -0.378 e. The van der Waals surface area contributed by atoms with Crippen molar-refractivity contribution in [3.05, 3.63) is 29.6 Å². The summed E-state index contributed by atoms with van der Waals surface area (Å²) in [6, 6.07) is 4.97. The van der Waals surface area contributed by atoms with E-state index < -0.39 is 0 Å². The number of nitrogens with zero attached hydrogens (tertiary/aromatic N) is 1. The van der Waals surface area contributed by atoms with Crippen LogP contribution >= 0.6 is 11.8 Å². The molecular weight excluding hydrogens is 303 g/mol. The first kappa shape index (κ1) is 15.6. The van der Waals surface area contributed by atoms with Crippen LogP contribution in [0.5, 0.6) is 0 Å². The number of halogens is 1. The summed E-state index contributed by atoms with van der Waals surface area (Å²) in [4.78, 5) is 14.2. The summed E-state index contributed by atoms with van der Waals surface area (Å²) < 4.78 is 19.6. The van der Waals surface area contributed by atoms with E-state index in [1.54, 1.807) is 12.1 Å². The second-order valence-electron chi connectivity index (χ2n) is 5.63. The van der Waals surface area contributed by atoms with Crippen molar-refractivity contribution in [1.82, 2.24) is 5.32 Å². The smallest absolute Gasteiger partial charge is 0.251 e. The molecule has 2 saturated heterocycles. The van der Waals surface area contributed by atoms with Gasteiger partial charge in [0, 0.05) is 24.7 Å². The molecule has 0 bridgehead atoms. The molecule has 2 aliphatic heterocycles. The molecule has 3 rings (SSSR count). The number of benzene rings is 1. The van der Waals surface area contributed by atoms with Crippen LogP contribution in [0.2, 0.25) is 0 Å². The van der Waals surface area contributed by atoms with Gasteiger partial charge in [0.25, 0.3) is 5.91 Å². The van der Waals surface area contributed by atoms with Crippen LogP contribution in [0, 0.1) is 5.82 Å². The highest BCUT2D eigenvalue weighted by Gasteiger charge is 2.19. The Kier molecular flexibility index (Phi) is 5.20. The summed E-state index contributed by atoms with van der Waals surface area (Å²) in [6.45, 7) is 2.59. The molecule has 2 aliphatic rings. The monoisotopic (exact) mass is 324 g/mol. The molecule has 0 aromatic heterocycles. The number of morpholine rings is 1. The molecule has 0 radical (unpaired) electrons. The van der Waals surface area contributed by atoms with Gasteiger partial charge in [0.05, 0.1) is 18.9 Å². The molecule has 2 fully saturated rings. The highest BCUT2D eigenvalue weighted by molar-refractivity contribution is 7.99. The number of anilines is 1. The Morgan fingerprint density at radius 1 is 1.27 bits per heavy atom. The molecule has 0 saturated carbocycles. The van der Waals surface area contributed by atoms with Gasteiger partial charge in [-0.1, -0.05) is 0 Å². The average Bonchev–Trinajstić information content (AvgIpc) is 2.56. The quantitative estimate of drug-likeness (QED) is 0.926. The van der Waals surface area contributed by atoms with E-state index in [1.807, 2.05) is 16.7 Å². The van der Waals surface area contributed by atoms with Crippen molar-refractivity contribution in [2.24, 2.45) is 0 Å². The van der Waals surface area contributed by atoms with E-state index in [0.717, 1.165) is 24.3 Å². The van der Waals surface area contributed by atoms with E-state index in [-0.39, 0.29) is 17.8 Å². The largest absolute Gasteiger partial charge is 0.378 e. The Morgan fingerprint density at radius 2 is 2.00 bits per heavy atom. The van der Waals surface area contributed by atoms with Crippen molar-refractivity contribution in [2.45, 2.75) is 18.9 Å². The minimum atomic E-state index is -0.339. The van der Waals surface area contributed by atoms with Gasteiger partial charge in [-0.05, 0) is 42.5 Å². The zero-order chi connectivity index (χ0) is 15.4. The van der Waals surface area contributed by atoms with Crippen molar-refractivity contribution in [3.63, 3.8) is 0 Å². The van der Waals surface area contributed by atoms with Crippen LogP contribution in [-0.2, 0) is 4.74 Å². The van der Waals surface area contributed by atoms with Gasteiger partial charge in [-0.3, -0.25) is 4.79 Å². The van der Waals surface area contributed by atoms with Crippen LogP contribution in [0.3, 0.4) is 0 Å². The molecule has 2 heterocycles. The SMILES string of the molecule is O=C(NC1CCSCC1)c1ccc(N2CCOCC2)c(F)c1. The maximum atomic E-state index is 14.3. The number of hydrogen-bond acceptors (Lipinski definition) is 4. The molecular formula is C16H21FN2O2S. The van der Waals surface area contributed by atoms with Gasteiger partial charge >= 0.3 is 0 Å².